The molecule has 0 spiro atoms. The van der Waals surface area contributed by atoms with E-state index < -0.39 is 22.9 Å². The minimum Gasteiger partial charge on any atom is -0.469 e. The van der Waals surface area contributed by atoms with Crippen molar-refractivity contribution in [3.63, 3.8) is 0 Å². The fourth-order valence-electron chi connectivity index (χ4n) is 5.76. The lowest BCUT2D eigenvalue weighted by molar-refractivity contribution is -0.140. The van der Waals surface area contributed by atoms with E-state index in [4.69, 9.17) is 14.8 Å². The number of carbonyl (C=O) groups is 1. The van der Waals surface area contributed by atoms with Gasteiger partial charge in [-0.3, -0.25) is 4.79 Å². The smallest absolute Gasteiger partial charge is 0.305 e. The lowest BCUT2D eigenvalue weighted by Gasteiger charge is -2.30. The minimum atomic E-state index is -1.16. The highest BCUT2D eigenvalue weighted by molar-refractivity contribution is 9.10. The SMILES string of the molecule is C=CSCC(C)(C)CCCC(C)(c1cccc(C)c1)c1nc(-c2cc(Oc3c(F)c(F)c4[nH]ccc4c3Br)ccc2F)n(C)n1.CCC(=O)OC. The molecular weight excluding hydrogens is 741 g/mol. The Morgan fingerprint density at radius 3 is 2.49 bits per heavy atom. The number of hydrogen-bond acceptors (Lipinski definition) is 6. The number of aromatic nitrogens is 4. The molecule has 3 aromatic carbocycles. The molecule has 272 valence electrons. The summed E-state index contributed by atoms with van der Waals surface area (Å²) >= 11 is 5.06. The molecule has 0 aliphatic carbocycles. The van der Waals surface area contributed by atoms with Crippen molar-refractivity contribution in [2.24, 2.45) is 12.5 Å². The van der Waals surface area contributed by atoms with E-state index in [1.807, 2.05) is 11.5 Å². The number of H-pyrrole nitrogens is 1. The third kappa shape index (κ3) is 9.26. The zero-order valence-electron chi connectivity index (χ0n) is 30.0. The number of thioether (sulfide) groups is 1. The van der Waals surface area contributed by atoms with Gasteiger partial charge in [-0.05, 0) is 83.3 Å². The van der Waals surface area contributed by atoms with Crippen LogP contribution in [0.3, 0.4) is 0 Å². The van der Waals surface area contributed by atoms with E-state index in [2.05, 4.69) is 78.1 Å². The first kappa shape index (κ1) is 39.8. The summed E-state index contributed by atoms with van der Waals surface area (Å²) in [5.41, 5.74) is 1.93. The van der Waals surface area contributed by atoms with Gasteiger partial charge in [0.2, 0.25) is 5.82 Å². The van der Waals surface area contributed by atoms with Crippen LogP contribution in [0.1, 0.15) is 70.3 Å². The van der Waals surface area contributed by atoms with Crippen LogP contribution in [0.4, 0.5) is 13.2 Å². The first-order chi connectivity index (χ1) is 24.1. The molecule has 0 saturated carbocycles. The Bertz CT molecular complexity index is 2010. The maximum Gasteiger partial charge on any atom is 0.305 e. The summed E-state index contributed by atoms with van der Waals surface area (Å²) in [6, 6.07) is 13.9. The van der Waals surface area contributed by atoms with Crippen LogP contribution in [-0.2, 0) is 22.0 Å². The quantitative estimate of drug-likeness (QED) is 0.0946. The van der Waals surface area contributed by atoms with E-state index in [-0.39, 0.29) is 38.4 Å². The summed E-state index contributed by atoms with van der Waals surface area (Å²) in [5.74, 6) is -1.30. The number of aryl methyl sites for hydroxylation is 2. The Kier molecular flexibility index (Phi) is 13.2. The maximum atomic E-state index is 15.4. The molecule has 5 aromatic rings. The molecule has 0 aliphatic rings. The number of halogens is 4. The number of ether oxygens (including phenoxy) is 2. The fraction of sp³-hybridized carbons (Fsp3) is 0.359. The Morgan fingerprint density at radius 2 is 1.84 bits per heavy atom. The first-order valence-corrected chi connectivity index (χ1v) is 18.4. The standard InChI is InChI=1S/C35H36BrF3N4OS.C4H8O2/c1-7-45-20-34(3,4)15-9-16-35(5,22-11-8-10-21(2)18-22)33-41-32(43(6)42-33)25-19-23(12-13-26(25)37)44-31-27(36)24-14-17-40-30(24)28(38)29(31)39;1-3-4(5)6-2/h7-8,10-14,17-19,40H,1,9,15-16,20H2,2-6H3;3H2,1-2H3. The average molecular weight is 786 g/mol. The molecule has 2 heterocycles. The van der Waals surface area contributed by atoms with Gasteiger partial charge < -0.3 is 14.5 Å². The van der Waals surface area contributed by atoms with Gasteiger partial charge in [-0.25, -0.2) is 18.4 Å². The van der Waals surface area contributed by atoms with Gasteiger partial charge in [0, 0.05) is 30.8 Å². The van der Waals surface area contributed by atoms with Gasteiger partial charge >= 0.3 is 5.97 Å². The summed E-state index contributed by atoms with van der Waals surface area (Å²) in [5, 5.41) is 7.11. The van der Waals surface area contributed by atoms with Crippen LogP contribution in [0.5, 0.6) is 11.5 Å². The van der Waals surface area contributed by atoms with E-state index in [1.54, 1.807) is 36.5 Å². The van der Waals surface area contributed by atoms with Crippen LogP contribution in [0.25, 0.3) is 22.3 Å². The number of fused-ring (bicyclic) bond motifs is 1. The Hall–Kier alpha value is -4.03. The fourth-order valence-corrected chi connectivity index (χ4v) is 7.06. The number of benzene rings is 3. The van der Waals surface area contributed by atoms with E-state index in [9.17, 15) is 9.18 Å². The molecule has 12 heteroatoms. The molecule has 1 N–H and O–H groups in total. The maximum absolute atomic E-state index is 15.4. The van der Waals surface area contributed by atoms with Crippen LogP contribution >= 0.6 is 27.7 Å². The molecule has 1 unspecified atom stereocenters. The predicted molar refractivity (Wildman–Crippen MR) is 203 cm³/mol. The van der Waals surface area contributed by atoms with Gasteiger partial charge in [0.15, 0.2) is 23.2 Å². The number of esters is 1. The molecule has 5 rings (SSSR count). The van der Waals surface area contributed by atoms with Crippen molar-refractivity contribution >= 4 is 44.6 Å². The minimum absolute atomic E-state index is 0.0222. The third-order valence-electron chi connectivity index (χ3n) is 8.74. The molecule has 0 saturated heterocycles. The Morgan fingerprint density at radius 1 is 1.10 bits per heavy atom. The van der Waals surface area contributed by atoms with Crippen molar-refractivity contribution < 1.29 is 27.4 Å². The van der Waals surface area contributed by atoms with Crippen LogP contribution in [0, 0.1) is 29.8 Å². The van der Waals surface area contributed by atoms with Crippen LogP contribution in [0.2, 0.25) is 0 Å². The monoisotopic (exact) mass is 784 g/mol. The molecule has 0 fully saturated rings. The Labute approximate surface area is 310 Å². The zero-order chi connectivity index (χ0) is 37.5. The molecule has 0 radical (unpaired) electrons. The van der Waals surface area contributed by atoms with Gasteiger partial charge in [0.1, 0.15) is 11.6 Å². The molecule has 0 aliphatic heterocycles. The lowest BCUT2D eigenvalue weighted by Crippen LogP contribution is -2.27. The molecule has 0 amide bonds. The molecule has 1 atom stereocenters. The number of rotatable bonds is 13. The highest BCUT2D eigenvalue weighted by Crippen LogP contribution is 2.42. The second kappa shape index (κ2) is 17.0. The molecule has 2 aromatic heterocycles. The number of nitrogens with zero attached hydrogens (tertiary/aromatic N) is 3. The van der Waals surface area contributed by atoms with E-state index in [0.29, 0.717) is 23.5 Å². The van der Waals surface area contributed by atoms with Crippen LogP contribution < -0.4 is 4.74 Å². The molecule has 0 bridgehead atoms. The number of methoxy groups -OCH3 is 1. The largest absolute Gasteiger partial charge is 0.469 e. The predicted octanol–water partition coefficient (Wildman–Crippen LogP) is 11.2. The number of carbonyl (C=O) groups excluding carboxylic acids is 1. The normalized spacial score (nSPS) is 12.6. The summed E-state index contributed by atoms with van der Waals surface area (Å²) in [4.78, 5) is 17.6. The van der Waals surface area contributed by atoms with E-state index in [0.717, 1.165) is 36.1 Å². The van der Waals surface area contributed by atoms with Crippen LogP contribution in [0.15, 0.2) is 71.2 Å². The van der Waals surface area contributed by atoms with Crippen molar-refractivity contribution in [1.29, 1.82) is 0 Å². The van der Waals surface area contributed by atoms with Gasteiger partial charge in [-0.15, -0.1) is 11.8 Å². The number of hydrogen-bond donors (Lipinski definition) is 1. The summed E-state index contributed by atoms with van der Waals surface area (Å²) in [6.07, 6.45) is 4.70. The molecule has 7 nitrogen and oxygen atoms in total. The lowest BCUT2D eigenvalue weighted by atomic mass is 9.75. The topological polar surface area (TPSA) is 82.0 Å². The number of nitrogens with one attached hydrogen (secondary N) is 1. The zero-order valence-corrected chi connectivity index (χ0v) is 32.4. The summed E-state index contributed by atoms with van der Waals surface area (Å²) in [6.45, 7) is 14.3. The third-order valence-corrected chi connectivity index (χ3v) is 10.7. The number of aromatic amines is 1. The second-order valence-corrected chi connectivity index (χ2v) is 15.0. The van der Waals surface area contributed by atoms with Gasteiger partial charge in [0.25, 0.3) is 0 Å². The van der Waals surface area contributed by atoms with Crippen molar-refractivity contribution in [3.8, 4) is 22.9 Å². The Balaban J connectivity index is 0.000000894. The van der Waals surface area contributed by atoms with Crippen molar-refractivity contribution in [1.82, 2.24) is 19.7 Å². The average Bonchev–Trinajstić information content (AvgIpc) is 3.76. The highest BCUT2D eigenvalue weighted by atomic mass is 79.9. The van der Waals surface area contributed by atoms with Crippen molar-refractivity contribution in [2.75, 3.05) is 12.9 Å². The van der Waals surface area contributed by atoms with Gasteiger partial charge in [-0.1, -0.05) is 63.6 Å². The van der Waals surface area contributed by atoms with E-state index >= 15 is 8.78 Å². The summed E-state index contributed by atoms with van der Waals surface area (Å²) in [7, 11) is 3.10. The van der Waals surface area contributed by atoms with Crippen molar-refractivity contribution in [2.45, 2.75) is 65.7 Å². The van der Waals surface area contributed by atoms with E-state index in [1.165, 1.54) is 31.5 Å². The highest BCUT2D eigenvalue weighted by Gasteiger charge is 2.35. The van der Waals surface area contributed by atoms with Gasteiger partial charge in [0.05, 0.1) is 28.1 Å². The second-order valence-electron chi connectivity index (χ2n) is 13.3. The van der Waals surface area contributed by atoms with Gasteiger partial charge in [-0.2, -0.15) is 9.49 Å². The molecular formula is C39H44BrF3N4O3S. The summed E-state index contributed by atoms with van der Waals surface area (Å²) < 4.78 is 57.0. The molecule has 51 heavy (non-hydrogen) atoms. The van der Waals surface area contributed by atoms with Crippen LogP contribution in [-0.4, -0.2) is 38.6 Å². The first-order valence-electron chi connectivity index (χ1n) is 16.5. The van der Waals surface area contributed by atoms with Crippen molar-refractivity contribution in [3.05, 3.63) is 106 Å².